The molecule has 3 unspecified atom stereocenters. The zero-order chi connectivity index (χ0) is 14.1. The molecule has 0 saturated heterocycles. The van der Waals surface area contributed by atoms with Crippen molar-refractivity contribution in [2.24, 2.45) is 11.8 Å². The predicted molar refractivity (Wildman–Crippen MR) is 80.8 cm³/mol. The summed E-state index contributed by atoms with van der Waals surface area (Å²) in [6, 6.07) is 0.463. The van der Waals surface area contributed by atoms with Crippen LogP contribution in [-0.2, 0) is 0 Å². The molecule has 0 amide bonds. The van der Waals surface area contributed by atoms with E-state index < -0.39 is 0 Å². The summed E-state index contributed by atoms with van der Waals surface area (Å²) in [4.78, 5) is 16.2. The maximum Gasteiger partial charge on any atom is 0.226 e. The Kier molecular flexibility index (Phi) is 3.46. The summed E-state index contributed by atoms with van der Waals surface area (Å²) in [6.45, 7) is 4.66. The molecule has 1 fully saturated rings. The number of rotatable bonds is 3. The Balaban J connectivity index is 1.91. The van der Waals surface area contributed by atoms with Crippen LogP contribution in [0.15, 0.2) is 6.33 Å². The van der Waals surface area contributed by atoms with Crippen molar-refractivity contribution in [3.05, 3.63) is 6.33 Å². The Labute approximate surface area is 118 Å². The smallest absolute Gasteiger partial charge is 0.226 e. The van der Waals surface area contributed by atoms with Gasteiger partial charge >= 0.3 is 0 Å². The fraction of sp³-hybridized carbons (Fsp3) is 0.643. The van der Waals surface area contributed by atoms with E-state index in [1.807, 2.05) is 7.05 Å². The summed E-state index contributed by atoms with van der Waals surface area (Å²) in [5.41, 5.74) is 1.58. The van der Waals surface area contributed by atoms with Gasteiger partial charge in [0.05, 0.1) is 6.33 Å². The Morgan fingerprint density at radius 1 is 1.25 bits per heavy atom. The zero-order valence-corrected chi connectivity index (χ0v) is 12.3. The first-order valence-electron chi connectivity index (χ1n) is 7.34. The van der Waals surface area contributed by atoms with Crippen LogP contribution in [0, 0.1) is 11.8 Å². The van der Waals surface area contributed by atoms with Gasteiger partial charge in [-0.3, -0.25) is 0 Å². The number of hydrogen-bond donors (Lipinski definition) is 3. The summed E-state index contributed by atoms with van der Waals surface area (Å²) >= 11 is 0. The molecule has 20 heavy (non-hydrogen) atoms. The van der Waals surface area contributed by atoms with Crippen LogP contribution in [0.3, 0.4) is 0 Å². The molecule has 1 aliphatic rings. The molecule has 2 aromatic rings. The maximum atomic E-state index is 4.54. The molecule has 0 aliphatic heterocycles. The quantitative estimate of drug-likeness (QED) is 0.802. The van der Waals surface area contributed by atoms with Gasteiger partial charge in [0.2, 0.25) is 5.95 Å². The monoisotopic (exact) mass is 274 g/mol. The molecular formula is C14H22N6. The van der Waals surface area contributed by atoms with Crippen molar-refractivity contribution >= 4 is 22.9 Å². The highest BCUT2D eigenvalue weighted by atomic mass is 15.2. The lowest BCUT2D eigenvalue weighted by molar-refractivity contribution is 0.253. The van der Waals surface area contributed by atoms with Crippen molar-refractivity contribution in [2.45, 2.75) is 39.2 Å². The van der Waals surface area contributed by atoms with Crippen molar-refractivity contribution in [2.75, 3.05) is 17.7 Å². The fourth-order valence-corrected chi connectivity index (χ4v) is 3.01. The van der Waals surface area contributed by atoms with Gasteiger partial charge in [-0.1, -0.05) is 26.7 Å². The van der Waals surface area contributed by atoms with Crippen molar-refractivity contribution in [1.29, 1.82) is 0 Å². The second-order valence-corrected chi connectivity index (χ2v) is 5.77. The SMILES string of the molecule is CNc1nc(NC2CCCC(C)C2C)c2[nH]cnc2n1. The number of nitrogens with zero attached hydrogens (tertiary/aromatic N) is 3. The van der Waals surface area contributed by atoms with E-state index >= 15 is 0 Å². The highest BCUT2D eigenvalue weighted by Crippen LogP contribution is 2.32. The second kappa shape index (κ2) is 5.26. The van der Waals surface area contributed by atoms with E-state index in [1.165, 1.54) is 19.3 Å². The highest BCUT2D eigenvalue weighted by molar-refractivity contribution is 5.83. The molecule has 0 spiro atoms. The Hall–Kier alpha value is -1.85. The van der Waals surface area contributed by atoms with Gasteiger partial charge in [0.1, 0.15) is 5.52 Å². The third kappa shape index (κ3) is 2.30. The molecule has 3 N–H and O–H groups in total. The Bertz CT molecular complexity index is 592. The van der Waals surface area contributed by atoms with Crippen LogP contribution in [-0.4, -0.2) is 33.0 Å². The van der Waals surface area contributed by atoms with Crippen LogP contribution in [0.2, 0.25) is 0 Å². The first-order valence-corrected chi connectivity index (χ1v) is 7.34. The summed E-state index contributed by atoms with van der Waals surface area (Å²) in [5, 5.41) is 6.59. The Morgan fingerprint density at radius 3 is 2.90 bits per heavy atom. The van der Waals surface area contributed by atoms with E-state index in [1.54, 1.807) is 6.33 Å². The van der Waals surface area contributed by atoms with Gasteiger partial charge in [0.25, 0.3) is 0 Å². The number of fused-ring (bicyclic) bond motifs is 1. The topological polar surface area (TPSA) is 78.5 Å². The van der Waals surface area contributed by atoms with Crippen molar-refractivity contribution < 1.29 is 0 Å². The number of imidazole rings is 1. The van der Waals surface area contributed by atoms with E-state index in [0.29, 0.717) is 23.6 Å². The molecule has 3 rings (SSSR count). The lowest BCUT2D eigenvalue weighted by Gasteiger charge is -2.35. The summed E-state index contributed by atoms with van der Waals surface area (Å²) in [5.74, 6) is 2.85. The van der Waals surface area contributed by atoms with Crippen molar-refractivity contribution in [3.63, 3.8) is 0 Å². The third-order valence-corrected chi connectivity index (χ3v) is 4.54. The maximum absolute atomic E-state index is 4.54. The number of nitrogens with one attached hydrogen (secondary N) is 3. The molecule has 3 atom stereocenters. The number of aromatic amines is 1. The standard InChI is InChI=1S/C14H22N6/c1-8-5-4-6-10(9(8)2)18-13-11-12(17-7-16-11)19-14(15-3)20-13/h7-10H,4-6H2,1-3H3,(H3,15,16,17,18,19,20). The van der Waals surface area contributed by atoms with Gasteiger partial charge in [-0.2, -0.15) is 9.97 Å². The average Bonchev–Trinajstić information content (AvgIpc) is 2.92. The first-order chi connectivity index (χ1) is 9.69. The number of H-pyrrole nitrogens is 1. The molecule has 6 heteroatoms. The third-order valence-electron chi connectivity index (χ3n) is 4.54. The zero-order valence-electron chi connectivity index (χ0n) is 12.3. The second-order valence-electron chi connectivity index (χ2n) is 5.77. The average molecular weight is 274 g/mol. The number of hydrogen-bond acceptors (Lipinski definition) is 5. The van der Waals surface area contributed by atoms with E-state index in [9.17, 15) is 0 Å². The molecule has 0 aromatic carbocycles. The molecule has 2 heterocycles. The molecule has 108 valence electrons. The largest absolute Gasteiger partial charge is 0.365 e. The van der Waals surface area contributed by atoms with E-state index in [-0.39, 0.29) is 0 Å². The molecule has 0 radical (unpaired) electrons. The molecule has 1 aliphatic carbocycles. The van der Waals surface area contributed by atoms with Crippen LogP contribution in [0.5, 0.6) is 0 Å². The summed E-state index contributed by atoms with van der Waals surface area (Å²) < 4.78 is 0. The van der Waals surface area contributed by atoms with Crippen LogP contribution >= 0.6 is 0 Å². The van der Waals surface area contributed by atoms with Gasteiger partial charge in [-0.25, -0.2) is 4.98 Å². The lowest BCUT2D eigenvalue weighted by Crippen LogP contribution is -2.35. The van der Waals surface area contributed by atoms with Crippen LogP contribution in [0.25, 0.3) is 11.2 Å². The van der Waals surface area contributed by atoms with Gasteiger partial charge in [-0.05, 0) is 18.3 Å². The molecule has 1 saturated carbocycles. The van der Waals surface area contributed by atoms with E-state index in [0.717, 1.165) is 17.3 Å². The number of aromatic nitrogens is 4. The fourth-order valence-electron chi connectivity index (χ4n) is 3.01. The predicted octanol–water partition coefficient (Wildman–Crippen LogP) is 2.63. The van der Waals surface area contributed by atoms with Gasteiger partial charge in [0.15, 0.2) is 11.5 Å². The Morgan fingerprint density at radius 2 is 2.10 bits per heavy atom. The minimum absolute atomic E-state index is 0.463. The van der Waals surface area contributed by atoms with Crippen LogP contribution < -0.4 is 10.6 Å². The minimum Gasteiger partial charge on any atom is -0.365 e. The van der Waals surface area contributed by atoms with E-state index in [2.05, 4.69) is 44.4 Å². The van der Waals surface area contributed by atoms with Crippen molar-refractivity contribution in [3.8, 4) is 0 Å². The van der Waals surface area contributed by atoms with Crippen molar-refractivity contribution in [1.82, 2.24) is 19.9 Å². The molecular weight excluding hydrogens is 252 g/mol. The van der Waals surface area contributed by atoms with Gasteiger partial charge in [0, 0.05) is 13.1 Å². The van der Waals surface area contributed by atoms with Gasteiger partial charge < -0.3 is 15.6 Å². The van der Waals surface area contributed by atoms with Crippen LogP contribution in [0.1, 0.15) is 33.1 Å². The molecule has 6 nitrogen and oxygen atoms in total. The summed E-state index contributed by atoms with van der Waals surface area (Å²) in [6.07, 6.45) is 5.46. The normalized spacial score (nSPS) is 26.6. The molecule has 0 bridgehead atoms. The first kappa shape index (κ1) is 13.1. The van der Waals surface area contributed by atoms with Gasteiger partial charge in [-0.15, -0.1) is 0 Å². The minimum atomic E-state index is 0.463. The summed E-state index contributed by atoms with van der Waals surface area (Å²) in [7, 11) is 1.82. The van der Waals surface area contributed by atoms with Crippen LogP contribution in [0.4, 0.5) is 11.8 Å². The highest BCUT2D eigenvalue weighted by Gasteiger charge is 2.27. The number of anilines is 2. The van der Waals surface area contributed by atoms with E-state index in [4.69, 9.17) is 0 Å². The lowest BCUT2D eigenvalue weighted by atomic mass is 9.78. The molecule has 2 aromatic heterocycles.